The summed E-state index contributed by atoms with van der Waals surface area (Å²) in [6.45, 7) is 2.26. The second-order valence-corrected chi connectivity index (χ2v) is 5.05. The molecule has 0 heteroatoms. The van der Waals surface area contributed by atoms with Crippen LogP contribution in [-0.2, 0) is 0 Å². The Hall–Kier alpha value is -0.780. The highest BCUT2D eigenvalue weighted by Gasteiger charge is 2.45. The Labute approximate surface area is 86.3 Å². The van der Waals surface area contributed by atoms with E-state index in [1.54, 1.807) is 5.56 Å². The van der Waals surface area contributed by atoms with Crippen LogP contribution in [0.5, 0.6) is 0 Å². The maximum Gasteiger partial charge on any atom is -0.0125 e. The summed E-state index contributed by atoms with van der Waals surface area (Å²) in [7, 11) is 0. The van der Waals surface area contributed by atoms with Crippen molar-refractivity contribution in [3.8, 4) is 0 Å². The Bertz CT molecular complexity index is 336. The van der Waals surface area contributed by atoms with Crippen LogP contribution < -0.4 is 0 Å². The topological polar surface area (TPSA) is 0 Å². The molecule has 0 N–H and O–H groups in total. The van der Waals surface area contributed by atoms with Crippen molar-refractivity contribution in [2.24, 2.45) is 11.8 Å². The SMILES string of the molecule is Cc1ccccc1[C@@H]1C[C@H]1C1CCC1. The molecule has 74 valence electrons. The van der Waals surface area contributed by atoms with Crippen molar-refractivity contribution in [1.82, 2.24) is 0 Å². The van der Waals surface area contributed by atoms with E-state index in [1.165, 1.54) is 31.2 Å². The summed E-state index contributed by atoms with van der Waals surface area (Å²) in [5, 5.41) is 0. The Morgan fingerprint density at radius 1 is 1.14 bits per heavy atom. The lowest BCUT2D eigenvalue weighted by molar-refractivity contribution is 0.273. The van der Waals surface area contributed by atoms with Crippen LogP contribution >= 0.6 is 0 Å². The van der Waals surface area contributed by atoms with Gasteiger partial charge in [0.15, 0.2) is 0 Å². The summed E-state index contributed by atoms with van der Waals surface area (Å²) >= 11 is 0. The first kappa shape index (κ1) is 8.52. The standard InChI is InChI=1S/C14H18/c1-10-5-2-3-8-12(10)14-9-13(14)11-6-4-7-11/h2-3,5,8,11,13-14H,4,6-7,9H2,1H3/t13-,14-/m0/s1. The van der Waals surface area contributed by atoms with E-state index < -0.39 is 0 Å². The van der Waals surface area contributed by atoms with Gasteiger partial charge in [-0.2, -0.15) is 0 Å². The lowest BCUT2D eigenvalue weighted by atomic mass is 9.80. The van der Waals surface area contributed by atoms with Gasteiger partial charge in [-0.05, 0) is 42.2 Å². The van der Waals surface area contributed by atoms with Gasteiger partial charge in [-0.25, -0.2) is 0 Å². The predicted molar refractivity (Wildman–Crippen MR) is 59.4 cm³/mol. The molecule has 0 unspecified atom stereocenters. The third-order valence-corrected chi connectivity index (χ3v) is 4.18. The van der Waals surface area contributed by atoms with Crippen molar-refractivity contribution in [3.05, 3.63) is 35.4 Å². The molecular formula is C14H18. The molecule has 0 heterocycles. The van der Waals surface area contributed by atoms with E-state index in [-0.39, 0.29) is 0 Å². The molecule has 1 aromatic carbocycles. The van der Waals surface area contributed by atoms with Gasteiger partial charge in [0.2, 0.25) is 0 Å². The zero-order valence-corrected chi connectivity index (χ0v) is 8.87. The maximum absolute atomic E-state index is 2.33. The Morgan fingerprint density at radius 3 is 2.57 bits per heavy atom. The molecular weight excluding hydrogens is 168 g/mol. The van der Waals surface area contributed by atoms with Gasteiger partial charge in [0.05, 0.1) is 0 Å². The van der Waals surface area contributed by atoms with Crippen molar-refractivity contribution >= 4 is 0 Å². The van der Waals surface area contributed by atoms with Crippen LogP contribution in [0.4, 0.5) is 0 Å². The fourth-order valence-corrected chi connectivity index (χ4v) is 2.96. The van der Waals surface area contributed by atoms with Gasteiger partial charge in [0.1, 0.15) is 0 Å². The molecule has 1 aromatic rings. The molecule has 0 aromatic heterocycles. The summed E-state index contributed by atoms with van der Waals surface area (Å²) in [4.78, 5) is 0. The maximum atomic E-state index is 2.33. The minimum Gasteiger partial charge on any atom is -0.0620 e. The fraction of sp³-hybridized carbons (Fsp3) is 0.571. The second-order valence-electron chi connectivity index (χ2n) is 5.05. The quantitative estimate of drug-likeness (QED) is 0.657. The van der Waals surface area contributed by atoms with E-state index in [2.05, 4.69) is 31.2 Å². The van der Waals surface area contributed by atoms with Gasteiger partial charge in [0, 0.05) is 0 Å². The average Bonchev–Trinajstić information content (AvgIpc) is 2.82. The molecule has 0 radical (unpaired) electrons. The van der Waals surface area contributed by atoms with E-state index >= 15 is 0 Å². The van der Waals surface area contributed by atoms with Crippen LogP contribution in [0.3, 0.4) is 0 Å². The van der Waals surface area contributed by atoms with E-state index in [4.69, 9.17) is 0 Å². The molecule has 2 saturated carbocycles. The van der Waals surface area contributed by atoms with E-state index in [1.807, 2.05) is 0 Å². The molecule has 0 aliphatic heterocycles. The van der Waals surface area contributed by atoms with Gasteiger partial charge < -0.3 is 0 Å². The molecule has 2 aliphatic carbocycles. The summed E-state index contributed by atoms with van der Waals surface area (Å²) < 4.78 is 0. The fourth-order valence-electron chi connectivity index (χ4n) is 2.96. The minimum absolute atomic E-state index is 0.918. The van der Waals surface area contributed by atoms with Crippen molar-refractivity contribution < 1.29 is 0 Å². The van der Waals surface area contributed by atoms with E-state index in [0.717, 1.165) is 17.8 Å². The van der Waals surface area contributed by atoms with Crippen LogP contribution in [0.1, 0.15) is 42.7 Å². The van der Waals surface area contributed by atoms with Gasteiger partial charge >= 0.3 is 0 Å². The van der Waals surface area contributed by atoms with Gasteiger partial charge in [0.25, 0.3) is 0 Å². The minimum atomic E-state index is 0.918. The number of benzene rings is 1. The first-order valence-corrected chi connectivity index (χ1v) is 5.92. The van der Waals surface area contributed by atoms with Gasteiger partial charge in [-0.3, -0.25) is 0 Å². The molecule has 3 rings (SSSR count). The Morgan fingerprint density at radius 2 is 1.93 bits per heavy atom. The highest BCUT2D eigenvalue weighted by Crippen LogP contribution is 2.57. The highest BCUT2D eigenvalue weighted by molar-refractivity contribution is 5.33. The smallest absolute Gasteiger partial charge is 0.0125 e. The van der Waals surface area contributed by atoms with Gasteiger partial charge in [-0.15, -0.1) is 0 Å². The summed E-state index contributed by atoms with van der Waals surface area (Å²) in [5.74, 6) is 3.05. The Kier molecular flexibility index (Phi) is 1.90. The van der Waals surface area contributed by atoms with Gasteiger partial charge in [-0.1, -0.05) is 43.5 Å². The largest absolute Gasteiger partial charge is 0.0620 e. The summed E-state index contributed by atoms with van der Waals surface area (Å²) in [6, 6.07) is 8.93. The molecule has 0 saturated heterocycles. The molecule has 2 fully saturated rings. The molecule has 0 spiro atoms. The molecule has 2 aliphatic rings. The lowest BCUT2D eigenvalue weighted by Gasteiger charge is -2.25. The van der Waals surface area contributed by atoms with Crippen molar-refractivity contribution in [2.45, 2.75) is 38.5 Å². The van der Waals surface area contributed by atoms with Crippen molar-refractivity contribution in [2.75, 3.05) is 0 Å². The third-order valence-electron chi connectivity index (χ3n) is 4.18. The van der Waals surface area contributed by atoms with E-state index in [9.17, 15) is 0 Å². The van der Waals surface area contributed by atoms with Crippen molar-refractivity contribution in [3.63, 3.8) is 0 Å². The average molecular weight is 186 g/mol. The molecule has 0 bridgehead atoms. The predicted octanol–water partition coefficient (Wildman–Crippen LogP) is 3.90. The zero-order chi connectivity index (χ0) is 9.54. The molecule has 2 atom stereocenters. The van der Waals surface area contributed by atoms with Crippen LogP contribution in [0.25, 0.3) is 0 Å². The van der Waals surface area contributed by atoms with E-state index in [0.29, 0.717) is 0 Å². The normalized spacial score (nSPS) is 31.2. The van der Waals surface area contributed by atoms with Crippen LogP contribution in [0.15, 0.2) is 24.3 Å². The van der Waals surface area contributed by atoms with Crippen LogP contribution in [0, 0.1) is 18.8 Å². The summed E-state index contributed by atoms with van der Waals surface area (Å²) in [6.07, 6.45) is 5.97. The molecule has 0 amide bonds. The zero-order valence-electron chi connectivity index (χ0n) is 8.87. The number of hydrogen-bond acceptors (Lipinski definition) is 0. The third kappa shape index (κ3) is 1.28. The number of rotatable bonds is 2. The first-order chi connectivity index (χ1) is 6.86. The molecule has 14 heavy (non-hydrogen) atoms. The van der Waals surface area contributed by atoms with Crippen LogP contribution in [0.2, 0.25) is 0 Å². The lowest BCUT2D eigenvalue weighted by Crippen LogP contribution is -2.13. The second kappa shape index (κ2) is 3.12. The highest BCUT2D eigenvalue weighted by atomic mass is 14.5. The number of aryl methyl sites for hydroxylation is 1. The number of hydrogen-bond donors (Lipinski definition) is 0. The van der Waals surface area contributed by atoms with Crippen LogP contribution in [-0.4, -0.2) is 0 Å². The van der Waals surface area contributed by atoms with Crippen molar-refractivity contribution in [1.29, 1.82) is 0 Å². The first-order valence-electron chi connectivity index (χ1n) is 5.92. The molecule has 0 nitrogen and oxygen atoms in total. The monoisotopic (exact) mass is 186 g/mol. The Balaban J connectivity index is 1.76. The summed E-state index contributed by atoms with van der Waals surface area (Å²) in [5.41, 5.74) is 3.13.